The van der Waals surface area contributed by atoms with E-state index >= 15 is 0 Å². The first-order chi connectivity index (χ1) is 13.4. The van der Waals surface area contributed by atoms with Crippen LogP contribution in [-0.2, 0) is 9.63 Å². The molecule has 0 bridgehead atoms. The molecule has 7 atom stereocenters. The summed E-state index contributed by atoms with van der Waals surface area (Å²) >= 11 is 0. The number of carbonyl (C=O) groups is 1. The summed E-state index contributed by atoms with van der Waals surface area (Å²) in [6.45, 7) is 11.3. The number of allylic oxidation sites excluding steroid dienone is 1. The van der Waals surface area contributed by atoms with Gasteiger partial charge in [-0.15, -0.1) is 0 Å². The molecule has 4 nitrogen and oxygen atoms in total. The van der Waals surface area contributed by atoms with Crippen LogP contribution in [-0.4, -0.2) is 30.7 Å². The molecule has 0 radical (unpaired) electrons. The quantitative estimate of drug-likeness (QED) is 0.563. The van der Waals surface area contributed by atoms with Crippen molar-refractivity contribution in [2.45, 2.75) is 77.7 Å². The van der Waals surface area contributed by atoms with Crippen LogP contribution < -0.4 is 5.32 Å². The second-order valence-corrected chi connectivity index (χ2v) is 10.8. The van der Waals surface area contributed by atoms with E-state index in [1.807, 2.05) is 0 Å². The highest BCUT2D eigenvalue weighted by atomic mass is 16.6. The Morgan fingerprint density at radius 2 is 1.96 bits per heavy atom. The third-order valence-corrected chi connectivity index (χ3v) is 9.52. The van der Waals surface area contributed by atoms with Crippen molar-refractivity contribution in [1.82, 2.24) is 5.32 Å². The molecule has 1 aliphatic heterocycles. The predicted octanol–water partition coefficient (Wildman–Crippen LogP) is 4.50. The number of fused-ring (bicyclic) bond motifs is 5. The standard InChI is InChI=1S/C24H36N2O2/c1-15-12-18-19-4-5-22(27)24(19,3)10-7-20(18)23(2)9-6-16(13-21(15)23)26-28-17-8-11-25-14-17/h17-21,25H,1,4-14H2,2-3H3/t17?,18-,19-,20-,21?,23+,24-/m0/s1. The van der Waals surface area contributed by atoms with Gasteiger partial charge in [0.15, 0.2) is 0 Å². The zero-order valence-corrected chi connectivity index (χ0v) is 17.6. The van der Waals surface area contributed by atoms with E-state index < -0.39 is 0 Å². The molecule has 1 saturated heterocycles. The van der Waals surface area contributed by atoms with Crippen molar-refractivity contribution in [3.05, 3.63) is 12.2 Å². The number of carbonyl (C=O) groups excluding carboxylic acids is 1. The van der Waals surface area contributed by atoms with Gasteiger partial charge in [-0.2, -0.15) is 0 Å². The normalized spacial score (nSPS) is 49.6. The van der Waals surface area contributed by atoms with Crippen LogP contribution in [0.4, 0.5) is 0 Å². The predicted molar refractivity (Wildman–Crippen MR) is 111 cm³/mol. The van der Waals surface area contributed by atoms with Gasteiger partial charge >= 0.3 is 0 Å². The number of hydrogen-bond donors (Lipinski definition) is 1. The molecule has 5 rings (SSSR count). The van der Waals surface area contributed by atoms with Crippen LogP contribution in [0.25, 0.3) is 0 Å². The number of rotatable bonds is 2. The van der Waals surface area contributed by atoms with E-state index in [1.54, 1.807) is 0 Å². The average Bonchev–Trinajstić information content (AvgIpc) is 3.29. The third-order valence-electron chi connectivity index (χ3n) is 9.52. The Morgan fingerprint density at radius 3 is 2.75 bits per heavy atom. The molecular formula is C24H36N2O2. The molecular weight excluding hydrogens is 348 g/mol. The monoisotopic (exact) mass is 384 g/mol. The first-order valence-corrected chi connectivity index (χ1v) is 11.5. The van der Waals surface area contributed by atoms with E-state index in [1.165, 1.54) is 24.1 Å². The minimum absolute atomic E-state index is 0.0465. The van der Waals surface area contributed by atoms with Crippen molar-refractivity contribution in [3.8, 4) is 0 Å². The molecule has 4 heteroatoms. The third kappa shape index (κ3) is 2.74. The molecule has 0 amide bonds. The zero-order valence-electron chi connectivity index (χ0n) is 17.6. The Labute approximate surface area is 169 Å². The van der Waals surface area contributed by atoms with E-state index in [9.17, 15) is 4.79 Å². The molecule has 0 aromatic heterocycles. The Hall–Kier alpha value is -1.16. The van der Waals surface area contributed by atoms with Crippen molar-refractivity contribution in [3.63, 3.8) is 0 Å². The van der Waals surface area contributed by atoms with Crippen LogP contribution in [0.2, 0.25) is 0 Å². The summed E-state index contributed by atoms with van der Waals surface area (Å²) in [5, 5.41) is 7.93. The number of hydrogen-bond acceptors (Lipinski definition) is 4. The second-order valence-electron chi connectivity index (χ2n) is 10.8. The fourth-order valence-corrected chi connectivity index (χ4v) is 7.77. The molecule has 2 unspecified atom stereocenters. The van der Waals surface area contributed by atoms with Crippen LogP contribution in [0, 0.1) is 34.5 Å². The van der Waals surface area contributed by atoms with Gasteiger partial charge in [-0.3, -0.25) is 4.79 Å². The van der Waals surface area contributed by atoms with Gasteiger partial charge in [0.2, 0.25) is 0 Å². The number of Topliss-reactive ketones (excluding diaryl/α,β-unsaturated/α-hetero) is 1. The lowest BCUT2D eigenvalue weighted by molar-refractivity contribution is -0.134. The van der Waals surface area contributed by atoms with Gasteiger partial charge in [0.25, 0.3) is 0 Å². The van der Waals surface area contributed by atoms with Gasteiger partial charge in [-0.25, -0.2) is 0 Å². The number of nitrogens with one attached hydrogen (secondary N) is 1. The lowest BCUT2D eigenvalue weighted by atomic mass is 9.44. The van der Waals surface area contributed by atoms with Crippen LogP contribution >= 0.6 is 0 Å². The van der Waals surface area contributed by atoms with Gasteiger partial charge in [0.05, 0.1) is 5.71 Å². The minimum Gasteiger partial charge on any atom is -0.391 e. The lowest BCUT2D eigenvalue weighted by Crippen LogP contribution is -2.54. The molecule has 5 aliphatic rings. The van der Waals surface area contributed by atoms with Gasteiger partial charge in [-0.05, 0) is 80.6 Å². The van der Waals surface area contributed by atoms with E-state index in [0.29, 0.717) is 29.0 Å². The van der Waals surface area contributed by atoms with Crippen LogP contribution in [0.5, 0.6) is 0 Å². The Bertz CT molecular complexity index is 709. The van der Waals surface area contributed by atoms with Crippen molar-refractivity contribution in [2.24, 2.45) is 39.7 Å². The topological polar surface area (TPSA) is 50.7 Å². The molecule has 1 N–H and O–H groups in total. The highest BCUT2D eigenvalue weighted by Crippen LogP contribution is 2.66. The maximum atomic E-state index is 12.6. The van der Waals surface area contributed by atoms with Crippen LogP contribution in [0.15, 0.2) is 17.3 Å². The fraction of sp³-hybridized carbons (Fsp3) is 0.833. The molecule has 28 heavy (non-hydrogen) atoms. The van der Waals surface area contributed by atoms with Gasteiger partial charge in [0, 0.05) is 24.8 Å². The Morgan fingerprint density at radius 1 is 1.11 bits per heavy atom. The molecule has 154 valence electrons. The summed E-state index contributed by atoms with van der Waals surface area (Å²) in [5.41, 5.74) is 2.93. The van der Waals surface area contributed by atoms with E-state index in [2.05, 4.69) is 30.9 Å². The van der Waals surface area contributed by atoms with E-state index in [-0.39, 0.29) is 11.5 Å². The van der Waals surface area contributed by atoms with Gasteiger partial charge in [0.1, 0.15) is 11.9 Å². The number of ketones is 1. The summed E-state index contributed by atoms with van der Waals surface area (Å²) in [7, 11) is 0. The first-order valence-electron chi connectivity index (χ1n) is 11.5. The Balaban J connectivity index is 1.35. The summed E-state index contributed by atoms with van der Waals surface area (Å²) in [6.07, 6.45) is 9.96. The van der Waals surface area contributed by atoms with Crippen molar-refractivity contribution in [1.29, 1.82) is 0 Å². The summed E-state index contributed by atoms with van der Waals surface area (Å²) in [6, 6.07) is 0. The molecule has 5 fully saturated rings. The molecule has 4 saturated carbocycles. The highest BCUT2D eigenvalue weighted by Gasteiger charge is 2.60. The van der Waals surface area contributed by atoms with Crippen LogP contribution in [0.1, 0.15) is 71.6 Å². The minimum atomic E-state index is -0.0465. The smallest absolute Gasteiger partial charge is 0.141 e. The molecule has 0 spiro atoms. The lowest BCUT2D eigenvalue weighted by Gasteiger charge is -2.60. The van der Waals surface area contributed by atoms with Crippen molar-refractivity contribution in [2.75, 3.05) is 13.1 Å². The second kappa shape index (κ2) is 6.68. The summed E-state index contributed by atoms with van der Waals surface area (Å²) in [4.78, 5) is 18.5. The fourth-order valence-electron chi connectivity index (χ4n) is 7.77. The molecule has 0 aromatic rings. The first kappa shape index (κ1) is 18.8. The van der Waals surface area contributed by atoms with Crippen LogP contribution in [0.3, 0.4) is 0 Å². The SMILES string of the molecule is C=C1C[C@@H]2[C@H](CC[C@]3(C)C(=O)CC[C@@H]23)[C@@]2(C)CCC(=NOC3CCNC3)CC12. The summed E-state index contributed by atoms with van der Waals surface area (Å²) < 4.78 is 0. The Kier molecular flexibility index (Phi) is 4.50. The van der Waals surface area contributed by atoms with Crippen molar-refractivity contribution >= 4 is 11.5 Å². The van der Waals surface area contributed by atoms with Gasteiger partial charge in [-0.1, -0.05) is 31.2 Å². The maximum Gasteiger partial charge on any atom is 0.141 e. The van der Waals surface area contributed by atoms with E-state index in [4.69, 9.17) is 4.84 Å². The number of oxime groups is 1. The average molecular weight is 385 g/mol. The summed E-state index contributed by atoms with van der Waals surface area (Å²) in [5.74, 6) is 3.06. The van der Waals surface area contributed by atoms with Crippen molar-refractivity contribution < 1.29 is 9.63 Å². The van der Waals surface area contributed by atoms with Gasteiger partial charge < -0.3 is 10.2 Å². The molecule has 0 aromatic carbocycles. The molecule has 1 heterocycles. The maximum absolute atomic E-state index is 12.6. The zero-order chi connectivity index (χ0) is 19.5. The largest absolute Gasteiger partial charge is 0.391 e. The van der Waals surface area contributed by atoms with E-state index in [0.717, 1.165) is 64.0 Å². The number of nitrogens with zero attached hydrogens (tertiary/aromatic N) is 1. The molecule has 4 aliphatic carbocycles. The highest BCUT2D eigenvalue weighted by molar-refractivity contribution is 5.87.